The van der Waals surface area contributed by atoms with Crippen LogP contribution in [0.3, 0.4) is 0 Å². The second-order valence-electron chi connectivity index (χ2n) is 4.07. The SMILES string of the molecule is OC(CNc1cc(Cl)ccc1Br)c1ccc(Cl)cc1. The van der Waals surface area contributed by atoms with Gasteiger partial charge in [0.25, 0.3) is 0 Å². The molecule has 0 aliphatic carbocycles. The third kappa shape index (κ3) is 4.11. The van der Waals surface area contributed by atoms with E-state index >= 15 is 0 Å². The van der Waals surface area contributed by atoms with E-state index in [9.17, 15) is 5.11 Å². The molecule has 0 spiro atoms. The van der Waals surface area contributed by atoms with Crippen molar-refractivity contribution < 1.29 is 5.11 Å². The van der Waals surface area contributed by atoms with Gasteiger partial charge in [0.15, 0.2) is 0 Å². The maximum Gasteiger partial charge on any atom is 0.0962 e. The lowest BCUT2D eigenvalue weighted by molar-refractivity contribution is 0.191. The minimum Gasteiger partial charge on any atom is -0.387 e. The number of benzene rings is 2. The van der Waals surface area contributed by atoms with Crippen molar-refractivity contribution in [3.8, 4) is 0 Å². The molecule has 0 amide bonds. The van der Waals surface area contributed by atoms with Crippen LogP contribution < -0.4 is 5.32 Å². The quantitative estimate of drug-likeness (QED) is 0.812. The molecule has 2 aromatic rings. The van der Waals surface area contributed by atoms with Crippen molar-refractivity contribution in [3.63, 3.8) is 0 Å². The summed E-state index contributed by atoms with van der Waals surface area (Å²) < 4.78 is 0.903. The summed E-state index contributed by atoms with van der Waals surface area (Å²) in [6, 6.07) is 12.6. The summed E-state index contributed by atoms with van der Waals surface area (Å²) in [5.74, 6) is 0. The van der Waals surface area contributed by atoms with Crippen molar-refractivity contribution in [2.45, 2.75) is 6.10 Å². The molecule has 1 unspecified atom stereocenters. The summed E-state index contributed by atoms with van der Waals surface area (Å²) in [6.07, 6.45) is -0.608. The van der Waals surface area contributed by atoms with Gasteiger partial charge in [-0.05, 0) is 51.8 Å². The van der Waals surface area contributed by atoms with Crippen molar-refractivity contribution >= 4 is 44.8 Å². The maximum absolute atomic E-state index is 10.1. The van der Waals surface area contributed by atoms with Crippen molar-refractivity contribution in [1.29, 1.82) is 0 Å². The Bertz CT molecular complexity index is 560. The zero-order valence-electron chi connectivity index (χ0n) is 9.91. The highest BCUT2D eigenvalue weighted by Crippen LogP contribution is 2.26. The summed E-state index contributed by atoms with van der Waals surface area (Å²) in [5.41, 5.74) is 1.66. The van der Waals surface area contributed by atoms with Crippen LogP contribution in [0.4, 0.5) is 5.69 Å². The fourth-order valence-corrected chi connectivity index (χ4v) is 2.33. The number of hydrogen-bond donors (Lipinski definition) is 2. The predicted molar refractivity (Wildman–Crippen MR) is 84.1 cm³/mol. The number of halogens is 3. The fourth-order valence-electron chi connectivity index (χ4n) is 1.64. The van der Waals surface area contributed by atoms with Crippen LogP contribution in [-0.2, 0) is 0 Å². The lowest BCUT2D eigenvalue weighted by atomic mass is 10.1. The molecular formula is C14H12BrCl2NO. The first-order valence-electron chi connectivity index (χ1n) is 5.69. The predicted octanol–water partition coefficient (Wildman–Crippen LogP) is 4.90. The van der Waals surface area contributed by atoms with Crippen molar-refractivity contribution in [3.05, 3.63) is 62.5 Å². The zero-order chi connectivity index (χ0) is 13.8. The Morgan fingerprint density at radius 3 is 2.37 bits per heavy atom. The van der Waals surface area contributed by atoms with Crippen LogP contribution in [0.5, 0.6) is 0 Å². The van der Waals surface area contributed by atoms with Gasteiger partial charge in [-0.15, -0.1) is 0 Å². The number of aliphatic hydroxyl groups excluding tert-OH is 1. The average Bonchev–Trinajstić information content (AvgIpc) is 2.40. The number of aliphatic hydroxyl groups is 1. The van der Waals surface area contributed by atoms with Gasteiger partial charge in [-0.2, -0.15) is 0 Å². The molecule has 19 heavy (non-hydrogen) atoms. The topological polar surface area (TPSA) is 32.3 Å². The number of hydrogen-bond acceptors (Lipinski definition) is 2. The molecule has 0 saturated carbocycles. The first-order valence-corrected chi connectivity index (χ1v) is 7.23. The molecule has 0 fully saturated rings. The highest BCUT2D eigenvalue weighted by molar-refractivity contribution is 9.10. The van der Waals surface area contributed by atoms with Crippen molar-refractivity contribution in [2.75, 3.05) is 11.9 Å². The van der Waals surface area contributed by atoms with Gasteiger partial charge in [0.2, 0.25) is 0 Å². The minimum atomic E-state index is -0.608. The molecule has 2 aromatic carbocycles. The van der Waals surface area contributed by atoms with Gasteiger partial charge in [0, 0.05) is 21.1 Å². The molecule has 0 aliphatic rings. The first-order chi connectivity index (χ1) is 9.06. The fraction of sp³-hybridized carbons (Fsp3) is 0.143. The molecule has 0 bridgehead atoms. The van der Waals surface area contributed by atoms with Gasteiger partial charge >= 0.3 is 0 Å². The van der Waals surface area contributed by atoms with E-state index in [1.807, 2.05) is 18.2 Å². The van der Waals surface area contributed by atoms with E-state index in [2.05, 4.69) is 21.2 Å². The molecule has 0 heterocycles. The third-order valence-corrected chi connectivity index (χ3v) is 3.85. The van der Waals surface area contributed by atoms with Crippen LogP contribution in [0, 0.1) is 0 Å². The molecular weight excluding hydrogens is 349 g/mol. The van der Waals surface area contributed by atoms with E-state index < -0.39 is 6.10 Å². The largest absolute Gasteiger partial charge is 0.387 e. The normalized spacial score (nSPS) is 12.2. The molecule has 0 saturated heterocycles. The minimum absolute atomic E-state index is 0.389. The molecule has 0 aliphatic heterocycles. The van der Waals surface area contributed by atoms with E-state index in [0.717, 1.165) is 15.7 Å². The standard InChI is InChI=1S/C14H12BrCl2NO/c15-12-6-5-11(17)7-13(12)18-8-14(19)9-1-3-10(16)4-2-9/h1-7,14,18-19H,8H2. The van der Waals surface area contributed by atoms with Crippen molar-refractivity contribution in [2.24, 2.45) is 0 Å². The highest BCUT2D eigenvalue weighted by Gasteiger charge is 2.08. The Morgan fingerprint density at radius 1 is 1.05 bits per heavy atom. The van der Waals surface area contributed by atoms with Gasteiger partial charge in [0.05, 0.1) is 11.8 Å². The molecule has 2 N–H and O–H groups in total. The zero-order valence-corrected chi connectivity index (χ0v) is 13.0. The Labute approximate surface area is 130 Å². The Hall–Kier alpha value is -0.740. The molecule has 100 valence electrons. The van der Waals surface area contributed by atoms with Gasteiger partial charge < -0.3 is 10.4 Å². The highest BCUT2D eigenvalue weighted by atomic mass is 79.9. The second kappa shape index (κ2) is 6.62. The van der Waals surface area contributed by atoms with Gasteiger partial charge in [-0.1, -0.05) is 35.3 Å². The van der Waals surface area contributed by atoms with Crippen LogP contribution >= 0.6 is 39.1 Å². The molecule has 2 nitrogen and oxygen atoms in total. The van der Waals surface area contributed by atoms with Gasteiger partial charge in [-0.25, -0.2) is 0 Å². The van der Waals surface area contributed by atoms with Crippen LogP contribution in [0.25, 0.3) is 0 Å². The Kier molecular flexibility index (Phi) is 5.11. The Morgan fingerprint density at radius 2 is 1.68 bits per heavy atom. The number of rotatable bonds is 4. The summed E-state index contributed by atoms with van der Waals surface area (Å²) >= 11 is 15.2. The molecule has 0 radical (unpaired) electrons. The summed E-state index contributed by atoms with van der Waals surface area (Å²) in [6.45, 7) is 0.389. The number of anilines is 1. The average molecular weight is 361 g/mol. The number of nitrogens with one attached hydrogen (secondary N) is 1. The van der Waals surface area contributed by atoms with E-state index in [0.29, 0.717) is 16.6 Å². The summed E-state index contributed by atoms with van der Waals surface area (Å²) in [4.78, 5) is 0. The van der Waals surface area contributed by atoms with Crippen LogP contribution in [-0.4, -0.2) is 11.7 Å². The molecule has 5 heteroatoms. The van der Waals surface area contributed by atoms with E-state index in [1.54, 1.807) is 24.3 Å². The molecule has 2 rings (SSSR count). The first kappa shape index (κ1) is 14.7. The lowest BCUT2D eigenvalue weighted by Gasteiger charge is -2.14. The summed E-state index contributed by atoms with van der Waals surface area (Å²) in [5, 5.41) is 14.5. The van der Waals surface area contributed by atoms with Gasteiger partial charge in [-0.3, -0.25) is 0 Å². The lowest BCUT2D eigenvalue weighted by Crippen LogP contribution is -2.12. The van der Waals surface area contributed by atoms with E-state index in [-0.39, 0.29) is 0 Å². The molecule has 0 aromatic heterocycles. The maximum atomic E-state index is 10.1. The second-order valence-corrected chi connectivity index (χ2v) is 5.80. The summed E-state index contributed by atoms with van der Waals surface area (Å²) in [7, 11) is 0. The smallest absolute Gasteiger partial charge is 0.0962 e. The third-order valence-electron chi connectivity index (χ3n) is 2.67. The van der Waals surface area contributed by atoms with E-state index in [1.165, 1.54) is 0 Å². The molecule has 1 atom stereocenters. The Balaban J connectivity index is 2.02. The van der Waals surface area contributed by atoms with Crippen LogP contribution in [0.2, 0.25) is 10.0 Å². The van der Waals surface area contributed by atoms with Crippen LogP contribution in [0.15, 0.2) is 46.9 Å². The van der Waals surface area contributed by atoms with E-state index in [4.69, 9.17) is 23.2 Å². The van der Waals surface area contributed by atoms with Gasteiger partial charge in [0.1, 0.15) is 0 Å². The monoisotopic (exact) mass is 359 g/mol. The van der Waals surface area contributed by atoms with Crippen LogP contribution in [0.1, 0.15) is 11.7 Å². The van der Waals surface area contributed by atoms with Crippen molar-refractivity contribution in [1.82, 2.24) is 0 Å².